The van der Waals surface area contributed by atoms with Gasteiger partial charge in [-0.2, -0.15) is 0 Å². The fraction of sp³-hybridized carbons (Fsp3) is 0.909. The number of hydrogen-bond acceptors (Lipinski definition) is 31. The van der Waals surface area contributed by atoms with E-state index in [1.807, 2.05) is 13.8 Å². The fourth-order valence-corrected chi connectivity index (χ4v) is 18.8. The zero-order valence-electron chi connectivity index (χ0n) is 56.4. The van der Waals surface area contributed by atoms with E-state index in [2.05, 4.69) is 40.3 Å². The van der Waals surface area contributed by atoms with Gasteiger partial charge in [-0.3, -0.25) is 9.59 Å². The Labute approximate surface area is 562 Å². The lowest BCUT2D eigenvalue weighted by molar-refractivity contribution is -0.398. The highest BCUT2D eigenvalue weighted by molar-refractivity contribution is 5.99. The topological polar surface area (TPSA) is 456 Å². The Morgan fingerprint density at radius 1 is 0.577 bits per heavy atom. The molecule has 0 radical (unpaired) electrons. The van der Waals surface area contributed by atoms with Gasteiger partial charge in [-0.05, 0) is 100 Å². The third kappa shape index (κ3) is 13.1. The zero-order valence-corrected chi connectivity index (χ0v) is 56.4. The predicted octanol–water partition coefficient (Wildman–Crippen LogP) is -3.27. The van der Waals surface area contributed by atoms with Crippen molar-refractivity contribution in [3.63, 3.8) is 0 Å². The molecule has 0 amide bonds. The lowest BCUT2D eigenvalue weighted by atomic mass is 9.41. The number of carbonyl (C=O) groups is 2. The second-order valence-corrected chi connectivity index (χ2v) is 30.2. The van der Waals surface area contributed by atoms with Gasteiger partial charge < -0.3 is 143 Å². The number of ether oxygens (including phenoxy) is 15. The second kappa shape index (κ2) is 29.2. The number of fused-ring (bicyclic) bond motifs is 4. The highest BCUT2D eigenvalue weighted by Gasteiger charge is 2.79. The van der Waals surface area contributed by atoms with Crippen molar-refractivity contribution in [1.29, 1.82) is 0 Å². The average molecular weight is 1390 g/mol. The van der Waals surface area contributed by atoms with Crippen LogP contribution in [-0.4, -0.2) is 314 Å². The van der Waals surface area contributed by atoms with Gasteiger partial charge in [0, 0.05) is 20.6 Å². The Bertz CT molecular complexity index is 2780. The summed E-state index contributed by atoms with van der Waals surface area (Å²) >= 11 is 0. The number of esters is 1. The number of methoxy groups -OCH3 is 2. The summed E-state index contributed by atoms with van der Waals surface area (Å²) in [7, 11) is 2.40. The summed E-state index contributed by atoms with van der Waals surface area (Å²) in [6, 6.07) is 0. The standard InChI is InChI=1S/C66H104O31/c1-26(2)12-11-17-65(8)54-30(70)20-64(7)29-13-14-36-62(4,5)37(16-18-63(36,6)28(29)15-19-66(54,64)61(82)97-65)92-53-41(75)35(91-57-47(81)52(40(74)34(23-69)88-57)95-59-46(80)51(84-10)39(73)33(22-68)90-59)25-86-60(53)96-56-43(77)42(76)48(27(3)87-56)93-55-44(78)49(31(71)24-85-55)94-58-45(79)50(83-9)38(72)32(21-67)89-58/h15,27,29,31-60,67-69,71-81H,1,11-14,16-25H2,2-10H3. The molecule has 36 atom stereocenters. The number of rotatable bonds is 21. The molecule has 36 unspecified atom stereocenters. The molecule has 31 heteroatoms. The minimum Gasteiger partial charge on any atom is -0.458 e. The summed E-state index contributed by atoms with van der Waals surface area (Å²) in [5.74, 6) is -1.08. The number of ketones is 1. The molecule has 31 nitrogen and oxygen atoms in total. The highest BCUT2D eigenvalue weighted by atomic mass is 16.8. The first-order valence-electron chi connectivity index (χ1n) is 34.1. The number of Topliss-reactive ketones (excluding diaryl/α,β-unsaturated/α-hetero) is 1. The Morgan fingerprint density at radius 3 is 1.70 bits per heavy atom. The fourth-order valence-electron chi connectivity index (χ4n) is 18.8. The molecule has 0 bridgehead atoms. The van der Waals surface area contributed by atoms with E-state index >= 15 is 0 Å². The van der Waals surface area contributed by atoms with Gasteiger partial charge in [-0.15, -0.1) is 6.58 Å². The van der Waals surface area contributed by atoms with Crippen LogP contribution in [0.3, 0.4) is 0 Å². The molecule has 11 rings (SSSR count). The zero-order chi connectivity index (χ0) is 70.5. The van der Waals surface area contributed by atoms with Gasteiger partial charge in [0.05, 0.1) is 56.6 Å². The Balaban J connectivity index is 0.830. The van der Waals surface area contributed by atoms with Crippen LogP contribution in [0.15, 0.2) is 23.8 Å². The van der Waals surface area contributed by atoms with E-state index in [0.717, 1.165) is 18.4 Å². The highest BCUT2D eigenvalue weighted by Crippen LogP contribution is 2.75. The molecular weight excluding hydrogens is 1290 g/mol. The van der Waals surface area contributed by atoms with Crippen molar-refractivity contribution >= 4 is 11.8 Å². The minimum atomic E-state index is -1.97. The van der Waals surface area contributed by atoms with Crippen molar-refractivity contribution in [2.45, 2.75) is 290 Å². The Morgan fingerprint density at radius 2 is 1.11 bits per heavy atom. The summed E-state index contributed by atoms with van der Waals surface area (Å²) in [6.07, 6.45) is -39.1. The molecule has 7 heterocycles. The van der Waals surface area contributed by atoms with E-state index < -0.39 is 244 Å². The second-order valence-electron chi connectivity index (χ2n) is 30.2. The largest absolute Gasteiger partial charge is 0.458 e. The number of aliphatic hydroxyl groups is 14. The third-order valence-electron chi connectivity index (χ3n) is 24.0. The first-order valence-corrected chi connectivity index (χ1v) is 34.1. The lowest BCUT2D eigenvalue weighted by Gasteiger charge is -2.63. The van der Waals surface area contributed by atoms with E-state index in [1.54, 1.807) is 0 Å². The third-order valence-corrected chi connectivity index (χ3v) is 24.0. The summed E-state index contributed by atoms with van der Waals surface area (Å²) in [5, 5.41) is 156. The minimum absolute atomic E-state index is 0.0467. The molecule has 10 fully saturated rings. The summed E-state index contributed by atoms with van der Waals surface area (Å²) < 4.78 is 89.9. The van der Waals surface area contributed by atoms with Gasteiger partial charge in [-0.1, -0.05) is 44.9 Å². The molecule has 0 aromatic carbocycles. The van der Waals surface area contributed by atoms with Gasteiger partial charge in [0.2, 0.25) is 0 Å². The van der Waals surface area contributed by atoms with Crippen molar-refractivity contribution in [3.05, 3.63) is 23.8 Å². The number of allylic oxidation sites excluding steroid dienone is 3. The molecule has 0 aromatic heterocycles. The van der Waals surface area contributed by atoms with E-state index in [-0.39, 0.29) is 30.0 Å². The summed E-state index contributed by atoms with van der Waals surface area (Å²) in [4.78, 5) is 29.1. The Hall–Kier alpha value is -2.50. The smallest absolute Gasteiger partial charge is 0.314 e. The first kappa shape index (κ1) is 75.7. The SMILES string of the molecule is C=C(C)CCCC1(C)OC(=O)C23CC=C4C(CCC5C4(C)CCC(OC4C(OC6OC(C)C(OC7OCC(O)C(OC8OC(CO)C(O)C(OC)C8O)C7O)C(O)C6O)OCC(OC6OC(CO)C(O)C(OC7OC(CO)C(O)C(OC)C7O)C6O)C4O)C5(C)C)C2(C)CC(=O)C13. The van der Waals surface area contributed by atoms with Crippen LogP contribution in [0.2, 0.25) is 0 Å². The van der Waals surface area contributed by atoms with Crippen molar-refractivity contribution in [1.82, 2.24) is 0 Å². The van der Waals surface area contributed by atoms with Gasteiger partial charge in [0.1, 0.15) is 140 Å². The van der Waals surface area contributed by atoms with Crippen molar-refractivity contribution in [2.24, 2.45) is 39.4 Å². The van der Waals surface area contributed by atoms with Crippen molar-refractivity contribution < 1.29 is 152 Å². The van der Waals surface area contributed by atoms with E-state index in [4.69, 9.17) is 71.1 Å². The lowest BCUT2D eigenvalue weighted by Crippen LogP contribution is -2.67. The van der Waals surface area contributed by atoms with E-state index in [9.17, 15) is 81.1 Å². The molecule has 3 saturated carbocycles. The van der Waals surface area contributed by atoms with Gasteiger partial charge in [-0.25, -0.2) is 0 Å². The maximum atomic E-state index is 14.6. The number of hydrogen-bond donors (Lipinski definition) is 14. The molecule has 14 N–H and O–H groups in total. The van der Waals surface area contributed by atoms with Crippen molar-refractivity contribution in [3.8, 4) is 0 Å². The van der Waals surface area contributed by atoms with Crippen molar-refractivity contribution in [2.75, 3.05) is 47.3 Å². The average Bonchev–Trinajstić information content (AvgIpc) is 1.52. The van der Waals surface area contributed by atoms with Gasteiger partial charge in [0.15, 0.2) is 37.7 Å². The van der Waals surface area contributed by atoms with Crippen LogP contribution in [0.25, 0.3) is 0 Å². The van der Waals surface area contributed by atoms with Crippen LogP contribution >= 0.6 is 0 Å². The number of cyclic esters (lactones) is 1. The molecule has 97 heavy (non-hydrogen) atoms. The summed E-state index contributed by atoms with van der Waals surface area (Å²) in [6.45, 7) is 14.5. The number of carbonyl (C=O) groups excluding carboxylic acids is 2. The van der Waals surface area contributed by atoms with Crippen LogP contribution in [0.4, 0.5) is 0 Å². The molecular formula is C66H104O31. The number of aliphatic hydroxyl groups excluding tert-OH is 14. The van der Waals surface area contributed by atoms with E-state index in [0.29, 0.717) is 38.5 Å². The normalized spacial score (nSPS) is 52.1. The summed E-state index contributed by atoms with van der Waals surface area (Å²) in [5.41, 5.74) is -1.71. The van der Waals surface area contributed by atoms with E-state index in [1.165, 1.54) is 26.7 Å². The maximum absolute atomic E-state index is 14.6. The monoisotopic (exact) mass is 1390 g/mol. The van der Waals surface area contributed by atoms with Crippen LogP contribution in [0.5, 0.6) is 0 Å². The molecule has 4 aliphatic carbocycles. The molecule has 554 valence electrons. The van der Waals surface area contributed by atoms with Crippen LogP contribution in [0.1, 0.15) is 106 Å². The first-order chi connectivity index (χ1) is 45.8. The van der Waals surface area contributed by atoms with Crippen LogP contribution < -0.4 is 0 Å². The molecule has 7 saturated heterocycles. The molecule has 0 aromatic rings. The van der Waals surface area contributed by atoms with Gasteiger partial charge in [0.25, 0.3) is 0 Å². The Kier molecular flexibility index (Phi) is 22.8. The van der Waals surface area contributed by atoms with Crippen LogP contribution in [-0.2, 0) is 80.6 Å². The molecule has 11 aliphatic rings. The quantitative estimate of drug-likeness (QED) is 0.0396. The van der Waals surface area contributed by atoms with Crippen LogP contribution in [0, 0.1) is 39.4 Å². The molecule has 1 spiro atoms. The maximum Gasteiger partial charge on any atom is 0.314 e. The molecule has 7 aliphatic heterocycles. The predicted molar refractivity (Wildman–Crippen MR) is 325 cm³/mol. The van der Waals surface area contributed by atoms with Gasteiger partial charge >= 0.3 is 5.97 Å².